The van der Waals surface area contributed by atoms with Gasteiger partial charge in [-0.05, 0) is 23.4 Å². The minimum atomic E-state index is -0.537. The van der Waals surface area contributed by atoms with Crippen LogP contribution in [0.2, 0.25) is 0 Å². The Balaban J connectivity index is 0.00000144. The Bertz CT molecular complexity index is 383. The van der Waals surface area contributed by atoms with Crippen molar-refractivity contribution >= 4 is 29.7 Å². The molecule has 2 rings (SSSR count). The first-order valence-corrected chi connectivity index (χ1v) is 6.19. The van der Waals surface area contributed by atoms with Crippen molar-refractivity contribution in [3.8, 4) is 0 Å². The van der Waals surface area contributed by atoms with E-state index in [2.05, 4.69) is 11.4 Å². The lowest BCUT2D eigenvalue weighted by atomic mass is 10.1. The fourth-order valence-electron chi connectivity index (χ4n) is 1.92. The van der Waals surface area contributed by atoms with E-state index in [0.29, 0.717) is 6.54 Å². The molecule has 1 aromatic heterocycles. The molecule has 17 heavy (non-hydrogen) atoms. The third kappa shape index (κ3) is 3.19. The molecule has 1 aliphatic rings. The number of nitrogens with zero attached hydrogens (tertiary/aromatic N) is 1. The molecule has 0 saturated heterocycles. The summed E-state index contributed by atoms with van der Waals surface area (Å²) in [4.78, 5) is 15.2. The van der Waals surface area contributed by atoms with Gasteiger partial charge in [0.25, 0.3) is 0 Å². The van der Waals surface area contributed by atoms with Gasteiger partial charge < -0.3 is 15.4 Å². The SMILES string of the molecule is COCC(N)C(=O)N1CCc2sccc2C1.Cl. The molecule has 1 atom stereocenters. The standard InChI is InChI=1S/C11H16N2O2S.ClH/c1-15-7-9(12)11(14)13-4-2-10-8(6-13)3-5-16-10;/h3,5,9H,2,4,6-7,12H2,1H3;1H. The van der Waals surface area contributed by atoms with Gasteiger partial charge in [0.2, 0.25) is 5.91 Å². The molecule has 0 bridgehead atoms. The zero-order valence-electron chi connectivity index (χ0n) is 9.72. The third-order valence-electron chi connectivity index (χ3n) is 2.78. The zero-order chi connectivity index (χ0) is 11.5. The highest BCUT2D eigenvalue weighted by atomic mass is 35.5. The van der Waals surface area contributed by atoms with Crippen molar-refractivity contribution in [1.29, 1.82) is 0 Å². The predicted octanol–water partition coefficient (Wildman–Crippen LogP) is 1.03. The van der Waals surface area contributed by atoms with Crippen LogP contribution in [-0.4, -0.2) is 37.1 Å². The number of amides is 1. The van der Waals surface area contributed by atoms with Crippen LogP contribution in [0.4, 0.5) is 0 Å². The second-order valence-electron chi connectivity index (χ2n) is 3.94. The Kier molecular flexibility index (Phi) is 5.39. The van der Waals surface area contributed by atoms with Gasteiger partial charge in [-0.1, -0.05) is 0 Å². The summed E-state index contributed by atoms with van der Waals surface area (Å²) in [6.45, 7) is 1.74. The van der Waals surface area contributed by atoms with E-state index in [1.807, 2.05) is 4.90 Å². The Morgan fingerprint density at radius 3 is 3.18 bits per heavy atom. The van der Waals surface area contributed by atoms with Gasteiger partial charge in [-0.2, -0.15) is 0 Å². The van der Waals surface area contributed by atoms with Crippen LogP contribution in [0.15, 0.2) is 11.4 Å². The fraction of sp³-hybridized carbons (Fsp3) is 0.545. The molecular formula is C11H17ClN2O2S. The number of thiophene rings is 1. The molecule has 2 N–H and O–H groups in total. The average Bonchev–Trinajstić information content (AvgIpc) is 2.75. The van der Waals surface area contributed by atoms with Crippen LogP contribution in [0.3, 0.4) is 0 Å². The van der Waals surface area contributed by atoms with Gasteiger partial charge in [-0.3, -0.25) is 4.79 Å². The third-order valence-corrected chi connectivity index (χ3v) is 3.81. The molecule has 1 aromatic rings. The minimum Gasteiger partial charge on any atom is -0.383 e. The van der Waals surface area contributed by atoms with Gasteiger partial charge in [-0.25, -0.2) is 0 Å². The quantitative estimate of drug-likeness (QED) is 0.897. The smallest absolute Gasteiger partial charge is 0.242 e. The van der Waals surface area contributed by atoms with Gasteiger partial charge in [-0.15, -0.1) is 23.7 Å². The van der Waals surface area contributed by atoms with Crippen molar-refractivity contribution in [1.82, 2.24) is 4.90 Å². The number of carbonyl (C=O) groups is 1. The maximum Gasteiger partial charge on any atom is 0.242 e. The predicted molar refractivity (Wildman–Crippen MR) is 70.5 cm³/mol. The van der Waals surface area contributed by atoms with E-state index < -0.39 is 6.04 Å². The number of rotatable bonds is 3. The maximum atomic E-state index is 11.9. The van der Waals surface area contributed by atoms with Gasteiger partial charge in [0.1, 0.15) is 6.04 Å². The van der Waals surface area contributed by atoms with E-state index in [1.54, 1.807) is 18.4 Å². The monoisotopic (exact) mass is 276 g/mol. The number of carbonyl (C=O) groups excluding carboxylic acids is 1. The fourth-order valence-corrected chi connectivity index (χ4v) is 2.81. The van der Waals surface area contributed by atoms with E-state index >= 15 is 0 Å². The summed E-state index contributed by atoms with van der Waals surface area (Å²) in [5.74, 6) is -0.0151. The molecule has 0 fully saturated rings. The number of hydrogen-bond donors (Lipinski definition) is 1. The highest BCUT2D eigenvalue weighted by Crippen LogP contribution is 2.24. The number of halogens is 1. The summed E-state index contributed by atoms with van der Waals surface area (Å²) in [5.41, 5.74) is 7.00. The molecule has 2 heterocycles. The molecule has 4 nitrogen and oxygen atoms in total. The van der Waals surface area contributed by atoms with Crippen molar-refractivity contribution in [2.75, 3.05) is 20.3 Å². The van der Waals surface area contributed by atoms with Crippen LogP contribution in [-0.2, 0) is 22.5 Å². The number of fused-ring (bicyclic) bond motifs is 1. The van der Waals surface area contributed by atoms with Gasteiger partial charge in [0.05, 0.1) is 6.61 Å². The van der Waals surface area contributed by atoms with Crippen molar-refractivity contribution in [2.24, 2.45) is 5.73 Å². The number of hydrogen-bond acceptors (Lipinski definition) is 4. The summed E-state index contributed by atoms with van der Waals surface area (Å²) in [6.07, 6.45) is 0.943. The summed E-state index contributed by atoms with van der Waals surface area (Å²) in [6, 6.07) is 1.55. The molecule has 0 radical (unpaired) electrons. The first kappa shape index (κ1) is 14.4. The molecule has 0 aromatic carbocycles. The Morgan fingerprint density at radius 1 is 1.71 bits per heavy atom. The van der Waals surface area contributed by atoms with Crippen LogP contribution in [0.1, 0.15) is 10.4 Å². The summed E-state index contributed by atoms with van der Waals surface area (Å²) >= 11 is 1.76. The van der Waals surface area contributed by atoms with Gasteiger partial charge in [0, 0.05) is 25.1 Å². The average molecular weight is 277 g/mol. The topological polar surface area (TPSA) is 55.6 Å². The number of nitrogens with two attached hydrogens (primary N) is 1. The van der Waals surface area contributed by atoms with Crippen LogP contribution < -0.4 is 5.73 Å². The molecule has 6 heteroatoms. The van der Waals surface area contributed by atoms with Gasteiger partial charge in [0.15, 0.2) is 0 Å². The lowest BCUT2D eigenvalue weighted by Gasteiger charge is -2.29. The lowest BCUT2D eigenvalue weighted by molar-refractivity contribution is -0.134. The summed E-state index contributed by atoms with van der Waals surface area (Å²) < 4.78 is 4.90. The minimum absolute atomic E-state index is 0. The van der Waals surface area contributed by atoms with E-state index in [9.17, 15) is 4.79 Å². The second-order valence-corrected chi connectivity index (χ2v) is 4.94. The second kappa shape index (κ2) is 6.35. The number of ether oxygens (including phenoxy) is 1. The van der Waals surface area contributed by atoms with Crippen LogP contribution in [0.25, 0.3) is 0 Å². The lowest BCUT2D eigenvalue weighted by Crippen LogP contribution is -2.47. The number of methoxy groups -OCH3 is 1. The highest BCUT2D eigenvalue weighted by molar-refractivity contribution is 7.10. The molecule has 96 valence electrons. The molecule has 1 unspecified atom stereocenters. The molecule has 1 aliphatic heterocycles. The molecule has 0 spiro atoms. The normalized spacial score (nSPS) is 16.0. The van der Waals surface area contributed by atoms with Crippen LogP contribution in [0, 0.1) is 0 Å². The van der Waals surface area contributed by atoms with Crippen LogP contribution in [0.5, 0.6) is 0 Å². The zero-order valence-corrected chi connectivity index (χ0v) is 11.4. The summed E-state index contributed by atoms with van der Waals surface area (Å²) in [7, 11) is 1.56. The van der Waals surface area contributed by atoms with E-state index in [4.69, 9.17) is 10.5 Å². The molecule has 0 aliphatic carbocycles. The Hall–Kier alpha value is -0.620. The van der Waals surface area contributed by atoms with Crippen molar-refractivity contribution in [3.63, 3.8) is 0 Å². The van der Waals surface area contributed by atoms with E-state index in [1.165, 1.54) is 10.4 Å². The molecule has 1 amide bonds. The maximum absolute atomic E-state index is 11.9. The molecular weight excluding hydrogens is 260 g/mol. The van der Waals surface area contributed by atoms with E-state index in [-0.39, 0.29) is 24.9 Å². The van der Waals surface area contributed by atoms with Crippen molar-refractivity contribution in [2.45, 2.75) is 19.0 Å². The summed E-state index contributed by atoms with van der Waals surface area (Å²) in [5, 5.41) is 2.08. The first-order valence-electron chi connectivity index (χ1n) is 5.31. The Morgan fingerprint density at radius 2 is 2.47 bits per heavy atom. The van der Waals surface area contributed by atoms with Gasteiger partial charge >= 0.3 is 0 Å². The largest absolute Gasteiger partial charge is 0.383 e. The first-order chi connectivity index (χ1) is 7.72. The highest BCUT2D eigenvalue weighted by Gasteiger charge is 2.25. The van der Waals surface area contributed by atoms with Crippen LogP contribution >= 0.6 is 23.7 Å². The van der Waals surface area contributed by atoms with Crippen molar-refractivity contribution < 1.29 is 9.53 Å². The Labute approximate surface area is 111 Å². The van der Waals surface area contributed by atoms with E-state index in [0.717, 1.165) is 13.0 Å². The van der Waals surface area contributed by atoms with Crippen molar-refractivity contribution in [3.05, 3.63) is 21.9 Å². The molecule has 0 saturated carbocycles.